The van der Waals surface area contributed by atoms with Gasteiger partial charge in [0.25, 0.3) is 5.91 Å². The molecule has 6 nitrogen and oxygen atoms in total. The number of amides is 2. The third-order valence-electron chi connectivity index (χ3n) is 4.85. The summed E-state index contributed by atoms with van der Waals surface area (Å²) in [6.07, 6.45) is -0.989. The average Bonchev–Trinajstić information content (AvgIpc) is 2.74. The quantitative estimate of drug-likeness (QED) is 0.609. The molecule has 3 aromatic carbocycles. The molecule has 0 bridgehead atoms. The summed E-state index contributed by atoms with van der Waals surface area (Å²) in [5.74, 6) is -1.16. The maximum atomic E-state index is 12.6. The fourth-order valence-electron chi connectivity index (χ4n) is 3.19. The summed E-state index contributed by atoms with van der Waals surface area (Å²) >= 11 is 1.43. The lowest BCUT2D eigenvalue weighted by Crippen LogP contribution is -2.30. The van der Waals surface area contributed by atoms with Crippen molar-refractivity contribution < 1.29 is 19.1 Å². The molecule has 0 radical (unpaired) electrons. The number of thioether (sulfide) groups is 1. The molecule has 3 aromatic rings. The fraction of sp³-hybridized carbons (Fsp3) is 0.174. The highest BCUT2D eigenvalue weighted by Crippen LogP contribution is 2.36. The molecule has 1 aliphatic heterocycles. The van der Waals surface area contributed by atoms with E-state index in [2.05, 4.69) is 10.6 Å². The van der Waals surface area contributed by atoms with Crippen LogP contribution in [0, 0.1) is 0 Å². The molecular weight excluding hydrogens is 400 g/mol. The van der Waals surface area contributed by atoms with Crippen molar-refractivity contribution in [1.82, 2.24) is 0 Å². The van der Waals surface area contributed by atoms with Crippen LogP contribution in [0.5, 0.6) is 0 Å². The van der Waals surface area contributed by atoms with Crippen LogP contribution in [0.15, 0.2) is 65.6 Å². The van der Waals surface area contributed by atoms with E-state index in [0.717, 1.165) is 15.7 Å². The number of rotatable bonds is 4. The van der Waals surface area contributed by atoms with Gasteiger partial charge in [-0.25, -0.2) is 4.79 Å². The van der Waals surface area contributed by atoms with Gasteiger partial charge in [0.15, 0.2) is 6.10 Å². The Bertz CT molecular complexity index is 1160. The zero-order chi connectivity index (χ0) is 21.3. The summed E-state index contributed by atoms with van der Waals surface area (Å²) < 4.78 is 5.35. The van der Waals surface area contributed by atoms with Crippen LogP contribution in [0.3, 0.4) is 0 Å². The second-order valence-corrected chi connectivity index (χ2v) is 8.41. The van der Waals surface area contributed by atoms with E-state index in [9.17, 15) is 14.4 Å². The Morgan fingerprint density at radius 2 is 1.87 bits per heavy atom. The van der Waals surface area contributed by atoms with E-state index >= 15 is 0 Å². The number of ether oxygens (including phenoxy) is 1. The smallest absolute Gasteiger partial charge is 0.338 e. The van der Waals surface area contributed by atoms with E-state index in [1.54, 1.807) is 24.3 Å². The Labute approximate surface area is 178 Å². The first-order chi connectivity index (χ1) is 14.4. The highest BCUT2D eigenvalue weighted by molar-refractivity contribution is 8.00. The second-order valence-electron chi connectivity index (χ2n) is 7.02. The Morgan fingerprint density at radius 3 is 2.70 bits per heavy atom. The number of anilines is 2. The van der Waals surface area contributed by atoms with E-state index < -0.39 is 18.0 Å². The highest BCUT2D eigenvalue weighted by Gasteiger charge is 2.25. The number of esters is 1. The number of carbonyl (C=O) groups excluding carboxylic acids is 3. The van der Waals surface area contributed by atoms with Gasteiger partial charge in [-0.2, -0.15) is 0 Å². The monoisotopic (exact) mass is 420 g/mol. The normalized spacial score (nSPS) is 16.3. The Hall–Kier alpha value is -3.32. The molecule has 2 N–H and O–H groups in total. The van der Waals surface area contributed by atoms with Gasteiger partial charge in [-0.05, 0) is 43.5 Å². The summed E-state index contributed by atoms with van der Waals surface area (Å²) in [7, 11) is 0. The molecule has 0 spiro atoms. The lowest BCUT2D eigenvalue weighted by atomic mass is 10.1. The fourth-order valence-corrected chi connectivity index (χ4v) is 4.12. The van der Waals surface area contributed by atoms with Crippen molar-refractivity contribution in [2.75, 3.05) is 10.6 Å². The molecule has 7 heteroatoms. The minimum Gasteiger partial charge on any atom is -0.449 e. The van der Waals surface area contributed by atoms with E-state index in [-0.39, 0.29) is 16.7 Å². The first kappa shape index (κ1) is 20.0. The van der Waals surface area contributed by atoms with Gasteiger partial charge in [0.2, 0.25) is 5.91 Å². The Balaban J connectivity index is 1.45. The van der Waals surface area contributed by atoms with Gasteiger partial charge in [0.1, 0.15) is 0 Å². The lowest BCUT2D eigenvalue weighted by Gasteiger charge is -2.22. The van der Waals surface area contributed by atoms with Gasteiger partial charge in [0, 0.05) is 16.0 Å². The molecule has 1 aliphatic rings. The molecule has 0 aliphatic carbocycles. The van der Waals surface area contributed by atoms with Crippen LogP contribution < -0.4 is 10.6 Å². The van der Waals surface area contributed by atoms with Gasteiger partial charge >= 0.3 is 5.97 Å². The number of fused-ring (bicyclic) bond motifs is 2. The van der Waals surface area contributed by atoms with Gasteiger partial charge in [-0.1, -0.05) is 36.4 Å². The van der Waals surface area contributed by atoms with Crippen LogP contribution in [-0.2, 0) is 14.3 Å². The molecule has 30 heavy (non-hydrogen) atoms. The number of benzene rings is 3. The number of hydrogen-bond acceptors (Lipinski definition) is 5. The van der Waals surface area contributed by atoms with E-state index in [1.165, 1.54) is 18.7 Å². The minimum absolute atomic E-state index is 0.110. The number of carbonyl (C=O) groups is 3. The molecular formula is C23H20N2O4S. The zero-order valence-corrected chi connectivity index (χ0v) is 17.3. The molecule has 0 fully saturated rings. The van der Waals surface area contributed by atoms with Crippen LogP contribution in [0.4, 0.5) is 11.4 Å². The minimum atomic E-state index is -0.989. The Morgan fingerprint density at radius 1 is 1.10 bits per heavy atom. The highest BCUT2D eigenvalue weighted by atomic mass is 32.2. The Kier molecular flexibility index (Phi) is 5.46. The van der Waals surface area contributed by atoms with Crippen molar-refractivity contribution in [2.24, 2.45) is 0 Å². The van der Waals surface area contributed by atoms with Gasteiger partial charge in [-0.3, -0.25) is 9.59 Å². The molecule has 0 aromatic heterocycles. The maximum Gasteiger partial charge on any atom is 0.338 e. The average molecular weight is 420 g/mol. The maximum absolute atomic E-state index is 12.6. The lowest BCUT2D eigenvalue weighted by molar-refractivity contribution is -0.123. The third-order valence-corrected chi connectivity index (χ3v) is 6.02. The molecule has 4 rings (SSSR count). The van der Waals surface area contributed by atoms with Crippen molar-refractivity contribution >= 4 is 51.7 Å². The van der Waals surface area contributed by atoms with Gasteiger partial charge < -0.3 is 15.4 Å². The van der Waals surface area contributed by atoms with Crippen molar-refractivity contribution in [2.45, 2.75) is 30.1 Å². The predicted molar refractivity (Wildman–Crippen MR) is 118 cm³/mol. The first-order valence-electron chi connectivity index (χ1n) is 9.53. The molecule has 1 heterocycles. The van der Waals surface area contributed by atoms with Crippen molar-refractivity contribution in [1.29, 1.82) is 0 Å². The number of nitrogens with one attached hydrogen (secondary N) is 2. The van der Waals surface area contributed by atoms with E-state index in [0.29, 0.717) is 11.4 Å². The molecule has 152 valence electrons. The summed E-state index contributed by atoms with van der Waals surface area (Å²) in [5, 5.41) is 7.33. The van der Waals surface area contributed by atoms with Crippen molar-refractivity contribution in [3.8, 4) is 0 Å². The van der Waals surface area contributed by atoms with E-state index in [1.807, 2.05) is 43.3 Å². The standard InChI is InChI=1S/C23H20N2O4S/c1-13(21(26)24-18-9-5-7-15-6-3-4-8-17(15)18)29-23(28)16-10-11-20-19(12-16)25-22(27)14(2)30-20/h3-14H,1-2H3,(H,24,26)(H,25,27). The van der Waals surface area contributed by atoms with Crippen LogP contribution in [0.25, 0.3) is 10.8 Å². The van der Waals surface area contributed by atoms with Crippen LogP contribution in [0.2, 0.25) is 0 Å². The van der Waals surface area contributed by atoms with Crippen molar-refractivity contribution in [3.05, 3.63) is 66.2 Å². The summed E-state index contributed by atoms with van der Waals surface area (Å²) in [6.45, 7) is 3.34. The van der Waals surface area contributed by atoms with Crippen LogP contribution in [0.1, 0.15) is 24.2 Å². The summed E-state index contributed by atoms with van der Waals surface area (Å²) in [5.41, 5.74) is 1.50. The van der Waals surface area contributed by atoms with Crippen molar-refractivity contribution in [3.63, 3.8) is 0 Å². The van der Waals surface area contributed by atoms with E-state index in [4.69, 9.17) is 4.74 Å². The van der Waals surface area contributed by atoms with Crippen LogP contribution >= 0.6 is 11.8 Å². The summed E-state index contributed by atoms with van der Waals surface area (Å²) in [6, 6.07) is 18.3. The van der Waals surface area contributed by atoms with Gasteiger partial charge in [-0.15, -0.1) is 11.8 Å². The molecule has 2 amide bonds. The number of hydrogen-bond donors (Lipinski definition) is 2. The third kappa shape index (κ3) is 4.02. The molecule has 2 atom stereocenters. The molecule has 0 saturated carbocycles. The van der Waals surface area contributed by atoms with Crippen LogP contribution in [-0.4, -0.2) is 29.1 Å². The van der Waals surface area contributed by atoms with Gasteiger partial charge in [0.05, 0.1) is 16.5 Å². The SMILES string of the molecule is CC(OC(=O)c1ccc2c(c1)NC(=O)C(C)S2)C(=O)Nc1cccc2ccccc12. The molecule has 2 unspecified atom stereocenters. The second kappa shape index (κ2) is 8.20. The topological polar surface area (TPSA) is 84.5 Å². The largest absolute Gasteiger partial charge is 0.449 e. The predicted octanol–water partition coefficient (Wildman–Crippen LogP) is 4.46. The first-order valence-corrected chi connectivity index (χ1v) is 10.4. The zero-order valence-electron chi connectivity index (χ0n) is 16.5. The summed E-state index contributed by atoms with van der Waals surface area (Å²) in [4.78, 5) is 37.9. The molecule has 0 saturated heterocycles.